The van der Waals surface area contributed by atoms with E-state index in [1.807, 2.05) is 0 Å². The molecule has 0 spiro atoms. The number of carbonyl (C=O) groups excluding carboxylic acids is 1. The monoisotopic (exact) mass is 392 g/mol. The number of carbonyl (C=O) groups is 1. The third kappa shape index (κ3) is 4.35. The summed E-state index contributed by atoms with van der Waals surface area (Å²) in [4.78, 5) is 20.5. The molecule has 1 heterocycles. The van der Waals surface area contributed by atoms with Crippen molar-refractivity contribution < 1.29 is 18.0 Å². The first-order valence-electron chi connectivity index (χ1n) is 7.66. The Morgan fingerprint density at radius 2 is 1.70 bits per heavy atom. The highest BCUT2D eigenvalue weighted by Crippen LogP contribution is 2.21. The highest BCUT2D eigenvalue weighted by molar-refractivity contribution is 6.30. The molecule has 3 rings (SSSR count). The van der Waals surface area contributed by atoms with Crippen LogP contribution >= 0.6 is 11.6 Å². The van der Waals surface area contributed by atoms with E-state index in [4.69, 9.17) is 11.6 Å². The van der Waals surface area contributed by atoms with Gasteiger partial charge in [0.1, 0.15) is 17.3 Å². The minimum atomic E-state index is -1.67. The van der Waals surface area contributed by atoms with Crippen molar-refractivity contribution in [3.8, 4) is 0 Å². The van der Waals surface area contributed by atoms with E-state index < -0.39 is 29.0 Å². The maximum Gasteiger partial charge on any atom is 0.274 e. The van der Waals surface area contributed by atoms with Gasteiger partial charge in [-0.25, -0.2) is 23.1 Å². The molecule has 3 aromatic rings. The third-order valence-electron chi connectivity index (χ3n) is 3.47. The SMILES string of the molecule is Cc1nc(Nc2ccc(Cl)cc2)cc(C(=O)Nc2ccc(F)c(F)c2F)n1. The number of aromatic nitrogens is 2. The Balaban J connectivity index is 1.84. The van der Waals surface area contributed by atoms with Crippen LogP contribution < -0.4 is 10.6 Å². The lowest BCUT2D eigenvalue weighted by molar-refractivity contribution is 0.102. The van der Waals surface area contributed by atoms with Gasteiger partial charge < -0.3 is 10.6 Å². The standard InChI is InChI=1S/C18H12ClF3N4O/c1-9-23-14(8-15(24-9)25-11-4-2-10(19)3-5-11)18(27)26-13-7-6-12(20)16(21)17(13)22/h2-8H,1H3,(H,26,27)(H,23,24,25). The van der Waals surface area contributed by atoms with Crippen molar-refractivity contribution in [2.45, 2.75) is 6.92 Å². The van der Waals surface area contributed by atoms with E-state index in [-0.39, 0.29) is 11.5 Å². The molecule has 2 aromatic carbocycles. The van der Waals surface area contributed by atoms with Gasteiger partial charge in [0.2, 0.25) is 0 Å². The third-order valence-corrected chi connectivity index (χ3v) is 3.72. The number of hydrogen-bond acceptors (Lipinski definition) is 4. The van der Waals surface area contributed by atoms with Crippen molar-refractivity contribution in [2.75, 3.05) is 10.6 Å². The Morgan fingerprint density at radius 3 is 2.41 bits per heavy atom. The number of amides is 1. The fourth-order valence-electron chi connectivity index (χ4n) is 2.24. The second-order valence-corrected chi connectivity index (χ2v) is 5.93. The van der Waals surface area contributed by atoms with Crippen LogP contribution in [0.1, 0.15) is 16.3 Å². The Kier molecular flexibility index (Phi) is 5.27. The maximum absolute atomic E-state index is 13.7. The molecule has 0 fully saturated rings. The maximum atomic E-state index is 13.7. The van der Waals surface area contributed by atoms with Gasteiger partial charge >= 0.3 is 0 Å². The van der Waals surface area contributed by atoms with Crippen LogP contribution in [-0.2, 0) is 0 Å². The molecule has 5 nitrogen and oxygen atoms in total. The van der Waals surface area contributed by atoms with E-state index in [0.29, 0.717) is 22.6 Å². The Morgan fingerprint density at radius 1 is 1.00 bits per heavy atom. The van der Waals surface area contributed by atoms with E-state index in [1.54, 1.807) is 31.2 Å². The van der Waals surface area contributed by atoms with Crippen LogP contribution in [0.5, 0.6) is 0 Å². The number of nitrogens with zero attached hydrogens (tertiary/aromatic N) is 2. The molecule has 0 bridgehead atoms. The number of benzene rings is 2. The molecule has 0 radical (unpaired) electrons. The molecule has 0 aliphatic carbocycles. The van der Waals surface area contributed by atoms with Crippen LogP contribution in [0.2, 0.25) is 5.02 Å². The number of hydrogen-bond donors (Lipinski definition) is 2. The largest absolute Gasteiger partial charge is 0.340 e. The fraction of sp³-hybridized carbons (Fsp3) is 0.0556. The van der Waals surface area contributed by atoms with Gasteiger partial charge in [-0.3, -0.25) is 4.79 Å². The van der Waals surface area contributed by atoms with Gasteiger partial charge in [0.15, 0.2) is 17.5 Å². The summed E-state index contributed by atoms with van der Waals surface area (Å²) in [6.45, 7) is 1.57. The second-order valence-electron chi connectivity index (χ2n) is 5.49. The van der Waals surface area contributed by atoms with E-state index in [1.165, 1.54) is 6.07 Å². The van der Waals surface area contributed by atoms with Gasteiger partial charge in [-0.2, -0.15) is 0 Å². The number of nitrogens with one attached hydrogen (secondary N) is 2. The van der Waals surface area contributed by atoms with Gasteiger partial charge in [0.05, 0.1) is 5.69 Å². The minimum Gasteiger partial charge on any atom is -0.340 e. The van der Waals surface area contributed by atoms with E-state index in [2.05, 4.69) is 20.6 Å². The van der Waals surface area contributed by atoms with Gasteiger partial charge in [-0.1, -0.05) is 11.6 Å². The van der Waals surface area contributed by atoms with Crippen molar-refractivity contribution in [1.82, 2.24) is 9.97 Å². The van der Waals surface area contributed by atoms with Crippen molar-refractivity contribution in [3.05, 3.63) is 76.5 Å². The zero-order chi connectivity index (χ0) is 19.6. The number of rotatable bonds is 4. The summed E-state index contributed by atoms with van der Waals surface area (Å²) < 4.78 is 40.0. The second kappa shape index (κ2) is 7.63. The Hall–Kier alpha value is -3.13. The zero-order valence-electron chi connectivity index (χ0n) is 13.9. The lowest BCUT2D eigenvalue weighted by atomic mass is 10.2. The highest BCUT2D eigenvalue weighted by Gasteiger charge is 2.17. The summed E-state index contributed by atoms with van der Waals surface area (Å²) in [5.74, 6) is -4.71. The molecule has 0 aliphatic rings. The minimum absolute atomic E-state index is 0.0805. The van der Waals surface area contributed by atoms with Crippen LogP contribution in [0, 0.1) is 24.4 Å². The van der Waals surface area contributed by atoms with Crippen molar-refractivity contribution in [2.24, 2.45) is 0 Å². The molecule has 27 heavy (non-hydrogen) atoms. The summed E-state index contributed by atoms with van der Waals surface area (Å²) in [7, 11) is 0. The van der Waals surface area contributed by atoms with Crippen LogP contribution in [0.3, 0.4) is 0 Å². The Bertz CT molecular complexity index is 1010. The number of aryl methyl sites for hydroxylation is 1. The predicted octanol–water partition coefficient (Wildman–Crippen LogP) is 4.85. The number of anilines is 3. The summed E-state index contributed by atoms with van der Waals surface area (Å²) in [5, 5.41) is 5.71. The summed E-state index contributed by atoms with van der Waals surface area (Å²) >= 11 is 5.83. The average molecular weight is 393 g/mol. The Labute approximate surface area is 157 Å². The molecule has 2 N–H and O–H groups in total. The summed E-state index contributed by atoms with van der Waals surface area (Å²) in [5.41, 5.74) is 0.0981. The number of halogens is 4. The first-order chi connectivity index (χ1) is 12.8. The highest BCUT2D eigenvalue weighted by atomic mass is 35.5. The van der Waals surface area contributed by atoms with Gasteiger partial charge in [0.25, 0.3) is 5.91 Å². The summed E-state index contributed by atoms with van der Waals surface area (Å²) in [6, 6.07) is 9.77. The molecule has 0 saturated heterocycles. The lowest BCUT2D eigenvalue weighted by Gasteiger charge is -2.10. The van der Waals surface area contributed by atoms with Crippen molar-refractivity contribution in [3.63, 3.8) is 0 Å². The smallest absolute Gasteiger partial charge is 0.274 e. The molecule has 1 amide bonds. The molecule has 0 aliphatic heterocycles. The van der Waals surface area contributed by atoms with E-state index in [9.17, 15) is 18.0 Å². The lowest BCUT2D eigenvalue weighted by Crippen LogP contribution is -2.16. The van der Waals surface area contributed by atoms with E-state index in [0.717, 1.165) is 6.07 Å². The topological polar surface area (TPSA) is 66.9 Å². The first-order valence-corrected chi connectivity index (χ1v) is 8.04. The van der Waals surface area contributed by atoms with Gasteiger partial charge in [0, 0.05) is 16.8 Å². The normalized spacial score (nSPS) is 10.6. The van der Waals surface area contributed by atoms with Crippen LogP contribution in [-0.4, -0.2) is 15.9 Å². The molecule has 0 atom stereocenters. The van der Waals surface area contributed by atoms with Gasteiger partial charge in [-0.15, -0.1) is 0 Å². The van der Waals surface area contributed by atoms with Crippen LogP contribution in [0.25, 0.3) is 0 Å². The van der Waals surface area contributed by atoms with Crippen molar-refractivity contribution in [1.29, 1.82) is 0 Å². The molecular weight excluding hydrogens is 381 g/mol. The molecular formula is C18H12ClF3N4O. The average Bonchev–Trinajstić information content (AvgIpc) is 2.63. The molecule has 1 aromatic heterocycles. The molecule has 9 heteroatoms. The fourth-order valence-corrected chi connectivity index (χ4v) is 2.36. The van der Waals surface area contributed by atoms with Crippen LogP contribution in [0.15, 0.2) is 42.5 Å². The summed E-state index contributed by atoms with van der Waals surface area (Å²) in [6.07, 6.45) is 0. The quantitative estimate of drug-likeness (QED) is 0.623. The molecule has 0 saturated carbocycles. The zero-order valence-corrected chi connectivity index (χ0v) is 14.6. The molecule has 138 valence electrons. The van der Waals surface area contributed by atoms with E-state index >= 15 is 0 Å². The van der Waals surface area contributed by atoms with Crippen LogP contribution in [0.4, 0.5) is 30.4 Å². The van der Waals surface area contributed by atoms with Gasteiger partial charge in [-0.05, 0) is 43.3 Å². The predicted molar refractivity (Wildman–Crippen MR) is 95.8 cm³/mol. The molecule has 0 unspecified atom stereocenters. The first kappa shape index (κ1) is 18.7. The van der Waals surface area contributed by atoms with Crippen molar-refractivity contribution >= 4 is 34.7 Å².